The van der Waals surface area contributed by atoms with Crippen molar-refractivity contribution in [3.63, 3.8) is 0 Å². The van der Waals surface area contributed by atoms with Crippen LogP contribution in [0.4, 0.5) is 0 Å². The molecule has 2 aromatic carbocycles. The Bertz CT molecular complexity index is 717. The van der Waals surface area contributed by atoms with Gasteiger partial charge in [-0.3, -0.25) is 0 Å². The van der Waals surface area contributed by atoms with Crippen LogP contribution in [-0.2, 0) is 9.47 Å². The lowest BCUT2D eigenvalue weighted by Gasteiger charge is -2.19. The van der Waals surface area contributed by atoms with Gasteiger partial charge < -0.3 is 28.8 Å². The third kappa shape index (κ3) is 3.49. The number of rotatable bonds is 6. The molecule has 6 heteroatoms. The van der Waals surface area contributed by atoms with Gasteiger partial charge in [-0.1, -0.05) is 29.8 Å². The van der Waals surface area contributed by atoms with Gasteiger partial charge in [0.15, 0.2) is 17.8 Å². The number of ether oxygens (including phenoxy) is 5. The molecule has 140 valence electrons. The highest BCUT2D eigenvalue weighted by Crippen LogP contribution is 2.45. The maximum atomic E-state index is 9.77. The quantitative estimate of drug-likeness (QED) is 0.854. The normalized spacial score (nSPS) is 22.3. The Morgan fingerprint density at radius 2 is 1.50 bits per heavy atom. The maximum Gasteiger partial charge on any atom is 0.203 e. The van der Waals surface area contributed by atoms with E-state index in [4.69, 9.17) is 23.7 Å². The summed E-state index contributed by atoms with van der Waals surface area (Å²) in [4.78, 5) is 0. The number of hydrogen-bond acceptors (Lipinski definition) is 6. The predicted molar refractivity (Wildman–Crippen MR) is 95.8 cm³/mol. The van der Waals surface area contributed by atoms with Crippen LogP contribution < -0.4 is 14.2 Å². The number of aliphatic hydroxyl groups excluding tert-OH is 1. The zero-order chi connectivity index (χ0) is 18.7. The zero-order valence-electron chi connectivity index (χ0n) is 15.4. The summed E-state index contributed by atoms with van der Waals surface area (Å²) in [5, 5.41) is 9.77. The summed E-state index contributed by atoms with van der Waals surface area (Å²) in [5.74, 6) is 1.56. The molecular weight excluding hydrogens is 336 g/mol. The predicted octanol–water partition coefficient (Wildman–Crippen LogP) is 3.17. The van der Waals surface area contributed by atoms with Crippen molar-refractivity contribution < 1.29 is 28.8 Å². The second-order valence-electron chi connectivity index (χ2n) is 6.12. The number of aryl methyl sites for hydroxylation is 1. The standard InChI is InChI=1S/C20H24O6/c1-12-5-7-13(8-6-12)20-25-17(11-21)18(26-20)14-9-15(22-2)19(24-4)16(10-14)23-3/h5-10,17-18,20-21H,11H2,1-4H3/t17-,18-,20+/m1/s1. The second kappa shape index (κ2) is 7.95. The summed E-state index contributed by atoms with van der Waals surface area (Å²) in [6.45, 7) is 1.86. The minimum Gasteiger partial charge on any atom is -0.493 e. The number of methoxy groups -OCH3 is 3. The summed E-state index contributed by atoms with van der Waals surface area (Å²) < 4.78 is 28.2. The molecule has 0 amide bonds. The fraction of sp³-hybridized carbons (Fsp3) is 0.400. The molecule has 1 aliphatic rings. The zero-order valence-corrected chi connectivity index (χ0v) is 15.4. The molecule has 1 N–H and O–H groups in total. The SMILES string of the molecule is COc1cc([C@H]2O[C@@H](c3ccc(C)cc3)O[C@@H]2CO)cc(OC)c1OC. The van der Waals surface area contributed by atoms with Crippen LogP contribution in [0.1, 0.15) is 29.1 Å². The van der Waals surface area contributed by atoms with Crippen molar-refractivity contribution in [3.05, 3.63) is 53.1 Å². The average molecular weight is 360 g/mol. The van der Waals surface area contributed by atoms with Crippen LogP contribution in [0.2, 0.25) is 0 Å². The molecule has 1 heterocycles. The van der Waals surface area contributed by atoms with Gasteiger partial charge in [-0.15, -0.1) is 0 Å². The first-order valence-electron chi connectivity index (χ1n) is 8.39. The molecule has 1 aliphatic heterocycles. The summed E-state index contributed by atoms with van der Waals surface area (Å²) in [6, 6.07) is 11.6. The van der Waals surface area contributed by atoms with Gasteiger partial charge in [0, 0.05) is 5.56 Å². The summed E-state index contributed by atoms with van der Waals surface area (Å²) in [7, 11) is 4.68. The van der Waals surface area contributed by atoms with Crippen molar-refractivity contribution in [1.29, 1.82) is 0 Å². The van der Waals surface area contributed by atoms with E-state index in [-0.39, 0.29) is 6.61 Å². The van der Waals surface area contributed by atoms with Crippen LogP contribution in [0.5, 0.6) is 17.2 Å². The van der Waals surface area contributed by atoms with Crippen molar-refractivity contribution in [3.8, 4) is 17.2 Å². The van der Waals surface area contributed by atoms with Gasteiger partial charge in [-0.05, 0) is 24.6 Å². The van der Waals surface area contributed by atoms with E-state index < -0.39 is 18.5 Å². The van der Waals surface area contributed by atoms with Crippen molar-refractivity contribution in [1.82, 2.24) is 0 Å². The molecule has 3 rings (SSSR count). The first-order chi connectivity index (χ1) is 12.6. The molecule has 0 spiro atoms. The van der Waals surface area contributed by atoms with Gasteiger partial charge in [0.1, 0.15) is 12.2 Å². The lowest BCUT2D eigenvalue weighted by molar-refractivity contribution is -0.0739. The van der Waals surface area contributed by atoms with E-state index in [1.165, 1.54) is 0 Å². The maximum absolute atomic E-state index is 9.77. The molecule has 0 aromatic heterocycles. The lowest BCUT2D eigenvalue weighted by Crippen LogP contribution is -2.19. The van der Waals surface area contributed by atoms with E-state index in [9.17, 15) is 5.11 Å². The largest absolute Gasteiger partial charge is 0.493 e. The lowest BCUT2D eigenvalue weighted by atomic mass is 10.0. The fourth-order valence-electron chi connectivity index (χ4n) is 3.06. The van der Waals surface area contributed by atoms with E-state index in [2.05, 4.69) is 0 Å². The Morgan fingerprint density at radius 1 is 0.885 bits per heavy atom. The highest BCUT2D eigenvalue weighted by atomic mass is 16.7. The molecule has 0 aliphatic carbocycles. The molecule has 0 unspecified atom stereocenters. The van der Waals surface area contributed by atoms with E-state index in [1.54, 1.807) is 21.3 Å². The van der Waals surface area contributed by atoms with Gasteiger partial charge in [-0.2, -0.15) is 0 Å². The third-order valence-electron chi connectivity index (χ3n) is 4.45. The monoisotopic (exact) mass is 360 g/mol. The molecule has 3 atom stereocenters. The smallest absolute Gasteiger partial charge is 0.203 e. The van der Waals surface area contributed by atoms with E-state index in [1.807, 2.05) is 43.3 Å². The van der Waals surface area contributed by atoms with Gasteiger partial charge in [0.2, 0.25) is 5.75 Å². The van der Waals surface area contributed by atoms with E-state index in [0.29, 0.717) is 17.2 Å². The molecule has 0 radical (unpaired) electrons. The molecule has 1 saturated heterocycles. The first kappa shape index (κ1) is 18.5. The van der Waals surface area contributed by atoms with Crippen LogP contribution in [-0.4, -0.2) is 39.1 Å². The summed E-state index contributed by atoms with van der Waals surface area (Å²) in [6.07, 6.45) is -1.50. The van der Waals surface area contributed by atoms with Gasteiger partial charge in [0.05, 0.1) is 27.9 Å². The Morgan fingerprint density at radius 3 is 2.00 bits per heavy atom. The fourth-order valence-corrected chi connectivity index (χ4v) is 3.06. The molecule has 0 saturated carbocycles. The Balaban J connectivity index is 1.93. The van der Waals surface area contributed by atoms with Gasteiger partial charge >= 0.3 is 0 Å². The van der Waals surface area contributed by atoms with Crippen molar-refractivity contribution in [2.45, 2.75) is 25.4 Å². The molecule has 6 nitrogen and oxygen atoms in total. The van der Waals surface area contributed by atoms with Crippen LogP contribution >= 0.6 is 0 Å². The summed E-state index contributed by atoms with van der Waals surface area (Å²) in [5.41, 5.74) is 2.85. The van der Waals surface area contributed by atoms with Crippen molar-refractivity contribution >= 4 is 0 Å². The average Bonchev–Trinajstić information content (AvgIpc) is 3.11. The third-order valence-corrected chi connectivity index (χ3v) is 4.45. The van der Waals surface area contributed by atoms with Gasteiger partial charge in [0.25, 0.3) is 0 Å². The molecule has 1 fully saturated rings. The topological polar surface area (TPSA) is 66.4 Å². The van der Waals surface area contributed by atoms with E-state index in [0.717, 1.165) is 16.7 Å². The van der Waals surface area contributed by atoms with Crippen LogP contribution in [0.3, 0.4) is 0 Å². The van der Waals surface area contributed by atoms with E-state index >= 15 is 0 Å². The Hall–Kier alpha value is -2.28. The minimum atomic E-state index is -0.545. The number of benzene rings is 2. The first-order valence-corrected chi connectivity index (χ1v) is 8.39. The van der Waals surface area contributed by atoms with Crippen molar-refractivity contribution in [2.24, 2.45) is 0 Å². The highest BCUT2D eigenvalue weighted by Gasteiger charge is 2.38. The molecule has 2 aromatic rings. The Labute approximate surface area is 153 Å². The highest BCUT2D eigenvalue weighted by molar-refractivity contribution is 5.54. The molecular formula is C20H24O6. The van der Waals surface area contributed by atoms with Gasteiger partial charge in [-0.25, -0.2) is 0 Å². The molecule has 26 heavy (non-hydrogen) atoms. The number of hydrogen-bond donors (Lipinski definition) is 1. The summed E-state index contributed by atoms with van der Waals surface area (Å²) >= 11 is 0. The van der Waals surface area contributed by atoms with Crippen molar-refractivity contribution in [2.75, 3.05) is 27.9 Å². The van der Waals surface area contributed by atoms with Crippen LogP contribution in [0, 0.1) is 6.92 Å². The minimum absolute atomic E-state index is 0.163. The van der Waals surface area contributed by atoms with Crippen LogP contribution in [0.15, 0.2) is 36.4 Å². The van der Waals surface area contributed by atoms with Crippen LogP contribution in [0.25, 0.3) is 0 Å². The molecule has 0 bridgehead atoms. The number of aliphatic hydroxyl groups is 1. The second-order valence-corrected chi connectivity index (χ2v) is 6.12. The Kier molecular flexibility index (Phi) is 5.66.